The normalized spacial score (nSPS) is 18.9. The second-order valence-electron chi connectivity index (χ2n) is 6.26. The third kappa shape index (κ3) is 9.03. The van der Waals surface area contributed by atoms with Gasteiger partial charge in [-0.3, -0.25) is 9.59 Å². The van der Waals surface area contributed by atoms with Crippen LogP contribution in [-0.2, 0) is 14.3 Å². The van der Waals surface area contributed by atoms with Gasteiger partial charge in [-0.15, -0.1) is 0 Å². The van der Waals surface area contributed by atoms with E-state index in [1.165, 1.54) is 19.3 Å². The van der Waals surface area contributed by atoms with E-state index in [4.69, 9.17) is 4.74 Å². The van der Waals surface area contributed by atoms with Crippen LogP contribution in [0.1, 0.15) is 71.6 Å². The second kappa shape index (κ2) is 11.5. The van der Waals surface area contributed by atoms with Crippen molar-refractivity contribution in [3.63, 3.8) is 0 Å². The van der Waals surface area contributed by atoms with Crippen LogP contribution in [0.2, 0.25) is 0 Å². The highest BCUT2D eigenvalue weighted by Crippen LogP contribution is 2.10. The van der Waals surface area contributed by atoms with Gasteiger partial charge in [-0.05, 0) is 26.2 Å². The van der Waals surface area contributed by atoms with Gasteiger partial charge in [0.25, 0.3) is 0 Å². The molecule has 1 fully saturated rings. The number of hydrogen-bond acceptors (Lipinski definition) is 3. The van der Waals surface area contributed by atoms with Crippen LogP contribution >= 0.6 is 0 Å². The molecule has 0 aromatic heterocycles. The van der Waals surface area contributed by atoms with Gasteiger partial charge in [-0.2, -0.15) is 0 Å². The van der Waals surface area contributed by atoms with E-state index >= 15 is 0 Å². The molecule has 1 saturated heterocycles. The van der Waals surface area contributed by atoms with Gasteiger partial charge in [0, 0.05) is 32.0 Å². The summed E-state index contributed by atoms with van der Waals surface area (Å²) in [7, 11) is 0. The van der Waals surface area contributed by atoms with Gasteiger partial charge in [0.15, 0.2) is 0 Å². The molecule has 128 valence electrons. The van der Waals surface area contributed by atoms with Gasteiger partial charge in [0.1, 0.15) is 0 Å². The molecule has 0 aliphatic carbocycles. The SMILES string of the molecule is CCCCCC[C@@H](C)NC(=O)CCC(=O)NC[C@@H]1CCCO1. The van der Waals surface area contributed by atoms with Crippen molar-refractivity contribution in [1.82, 2.24) is 10.6 Å². The minimum Gasteiger partial charge on any atom is -0.376 e. The van der Waals surface area contributed by atoms with Crippen molar-refractivity contribution in [3.8, 4) is 0 Å². The van der Waals surface area contributed by atoms with Crippen LogP contribution in [-0.4, -0.2) is 37.1 Å². The molecule has 5 heteroatoms. The van der Waals surface area contributed by atoms with E-state index in [0.29, 0.717) is 6.54 Å². The molecule has 1 aliphatic rings. The lowest BCUT2D eigenvalue weighted by molar-refractivity contribution is -0.127. The highest BCUT2D eigenvalue weighted by atomic mass is 16.5. The van der Waals surface area contributed by atoms with E-state index in [1.54, 1.807) is 0 Å². The Labute approximate surface area is 134 Å². The molecular formula is C17H32N2O3. The zero-order valence-electron chi connectivity index (χ0n) is 14.2. The molecule has 2 amide bonds. The van der Waals surface area contributed by atoms with Gasteiger partial charge < -0.3 is 15.4 Å². The molecule has 0 radical (unpaired) electrons. The topological polar surface area (TPSA) is 67.4 Å². The summed E-state index contributed by atoms with van der Waals surface area (Å²) in [5.41, 5.74) is 0. The standard InChI is InChI=1S/C17H32N2O3/c1-3-4-5-6-8-14(2)19-17(21)11-10-16(20)18-13-15-9-7-12-22-15/h14-15H,3-13H2,1-2H3,(H,18,20)(H,19,21)/t14-,15+/m1/s1. The van der Waals surface area contributed by atoms with Crippen molar-refractivity contribution >= 4 is 11.8 Å². The average Bonchev–Trinajstić information content (AvgIpc) is 3.01. The van der Waals surface area contributed by atoms with Gasteiger partial charge in [0.05, 0.1) is 6.10 Å². The van der Waals surface area contributed by atoms with Crippen LogP contribution in [0.15, 0.2) is 0 Å². The van der Waals surface area contributed by atoms with Crippen LogP contribution in [0.5, 0.6) is 0 Å². The lowest BCUT2D eigenvalue weighted by Crippen LogP contribution is -2.35. The van der Waals surface area contributed by atoms with Crippen LogP contribution in [0, 0.1) is 0 Å². The Hall–Kier alpha value is -1.10. The van der Waals surface area contributed by atoms with E-state index in [9.17, 15) is 9.59 Å². The zero-order valence-corrected chi connectivity index (χ0v) is 14.2. The first kappa shape index (κ1) is 18.9. The van der Waals surface area contributed by atoms with Crippen molar-refractivity contribution in [1.29, 1.82) is 0 Å². The molecule has 22 heavy (non-hydrogen) atoms. The van der Waals surface area contributed by atoms with Crippen LogP contribution in [0.4, 0.5) is 0 Å². The number of carbonyl (C=O) groups excluding carboxylic acids is 2. The Morgan fingerprint density at radius 3 is 2.64 bits per heavy atom. The molecule has 0 spiro atoms. The molecule has 5 nitrogen and oxygen atoms in total. The summed E-state index contributed by atoms with van der Waals surface area (Å²) in [6, 6.07) is 0.194. The Bertz CT molecular complexity index is 328. The highest BCUT2D eigenvalue weighted by molar-refractivity contribution is 5.83. The van der Waals surface area contributed by atoms with Crippen molar-refractivity contribution in [2.45, 2.75) is 83.8 Å². The van der Waals surface area contributed by atoms with Crippen LogP contribution < -0.4 is 10.6 Å². The number of carbonyl (C=O) groups is 2. The smallest absolute Gasteiger partial charge is 0.220 e. The molecule has 1 aliphatic heterocycles. The maximum Gasteiger partial charge on any atom is 0.220 e. The average molecular weight is 312 g/mol. The predicted octanol–water partition coefficient (Wildman–Crippen LogP) is 2.54. The summed E-state index contributed by atoms with van der Waals surface area (Å²) >= 11 is 0. The van der Waals surface area contributed by atoms with E-state index in [-0.39, 0.29) is 36.8 Å². The fourth-order valence-corrected chi connectivity index (χ4v) is 2.64. The fourth-order valence-electron chi connectivity index (χ4n) is 2.64. The van der Waals surface area contributed by atoms with Gasteiger partial charge in [0.2, 0.25) is 11.8 Å². The number of hydrogen-bond donors (Lipinski definition) is 2. The Kier molecular flexibility index (Phi) is 9.87. The molecule has 0 aromatic rings. The largest absolute Gasteiger partial charge is 0.376 e. The molecule has 2 atom stereocenters. The van der Waals surface area contributed by atoms with Crippen molar-refractivity contribution in [2.75, 3.05) is 13.2 Å². The predicted molar refractivity (Wildman–Crippen MR) is 87.6 cm³/mol. The van der Waals surface area contributed by atoms with Crippen molar-refractivity contribution in [3.05, 3.63) is 0 Å². The molecule has 0 aromatic carbocycles. The molecule has 0 unspecified atom stereocenters. The number of amides is 2. The van der Waals surface area contributed by atoms with Crippen LogP contribution in [0.25, 0.3) is 0 Å². The van der Waals surface area contributed by atoms with Crippen LogP contribution in [0.3, 0.4) is 0 Å². The Balaban J connectivity index is 2.02. The lowest BCUT2D eigenvalue weighted by Gasteiger charge is -2.14. The monoisotopic (exact) mass is 312 g/mol. The minimum absolute atomic E-state index is 0.0322. The van der Waals surface area contributed by atoms with E-state index in [0.717, 1.165) is 32.3 Å². The molecular weight excluding hydrogens is 280 g/mol. The first-order valence-corrected chi connectivity index (χ1v) is 8.79. The van der Waals surface area contributed by atoms with Gasteiger partial charge in [-0.1, -0.05) is 32.6 Å². The lowest BCUT2D eigenvalue weighted by atomic mass is 10.1. The first-order chi connectivity index (χ1) is 10.6. The number of ether oxygens (including phenoxy) is 1. The third-order valence-electron chi connectivity index (χ3n) is 4.03. The van der Waals surface area contributed by atoms with E-state index < -0.39 is 0 Å². The van der Waals surface area contributed by atoms with Gasteiger partial charge >= 0.3 is 0 Å². The van der Waals surface area contributed by atoms with Crippen molar-refractivity contribution in [2.24, 2.45) is 0 Å². The van der Waals surface area contributed by atoms with E-state index in [2.05, 4.69) is 17.6 Å². The summed E-state index contributed by atoms with van der Waals surface area (Å²) in [6.45, 7) is 5.57. The summed E-state index contributed by atoms with van der Waals surface area (Å²) < 4.78 is 5.44. The maximum absolute atomic E-state index is 11.8. The molecule has 2 N–H and O–H groups in total. The Morgan fingerprint density at radius 1 is 1.18 bits per heavy atom. The second-order valence-corrected chi connectivity index (χ2v) is 6.26. The number of nitrogens with one attached hydrogen (secondary N) is 2. The highest BCUT2D eigenvalue weighted by Gasteiger charge is 2.16. The summed E-state index contributed by atoms with van der Waals surface area (Å²) in [4.78, 5) is 23.5. The maximum atomic E-state index is 11.8. The number of rotatable bonds is 11. The first-order valence-electron chi connectivity index (χ1n) is 8.79. The minimum atomic E-state index is -0.0683. The zero-order chi connectivity index (χ0) is 16.2. The Morgan fingerprint density at radius 2 is 1.95 bits per heavy atom. The van der Waals surface area contributed by atoms with Gasteiger partial charge in [-0.25, -0.2) is 0 Å². The summed E-state index contributed by atoms with van der Waals surface area (Å²) in [5.74, 6) is -0.100. The molecule has 0 saturated carbocycles. The third-order valence-corrected chi connectivity index (χ3v) is 4.03. The molecule has 0 bridgehead atoms. The quantitative estimate of drug-likeness (QED) is 0.576. The number of unbranched alkanes of at least 4 members (excludes halogenated alkanes) is 3. The fraction of sp³-hybridized carbons (Fsp3) is 0.882. The molecule has 1 heterocycles. The van der Waals surface area contributed by atoms with Crippen molar-refractivity contribution < 1.29 is 14.3 Å². The summed E-state index contributed by atoms with van der Waals surface area (Å²) in [6.07, 6.45) is 8.61. The van der Waals surface area contributed by atoms with E-state index in [1.807, 2.05) is 6.92 Å². The summed E-state index contributed by atoms with van der Waals surface area (Å²) in [5, 5.41) is 5.80. The molecule has 1 rings (SSSR count).